The molecule has 3 rings (SSSR count). The monoisotopic (exact) mass is 390 g/mol. The van der Waals surface area contributed by atoms with Crippen molar-refractivity contribution in [1.29, 1.82) is 0 Å². The number of anilines is 1. The topological polar surface area (TPSA) is 50.8 Å². The zero-order valence-electron chi connectivity index (χ0n) is 13.6. The maximum Gasteiger partial charge on any atom is 0.238 e. The van der Waals surface area contributed by atoms with Crippen LogP contribution in [0.1, 0.15) is 11.1 Å². The summed E-state index contributed by atoms with van der Waals surface area (Å²) in [7, 11) is 1.91. The van der Waals surface area contributed by atoms with Crippen molar-refractivity contribution in [2.24, 2.45) is 0 Å². The number of ether oxygens (including phenoxy) is 2. The highest BCUT2D eigenvalue weighted by molar-refractivity contribution is 9.10. The molecule has 1 amide bonds. The highest BCUT2D eigenvalue weighted by Crippen LogP contribution is 2.40. The van der Waals surface area contributed by atoms with Crippen LogP contribution in [0.3, 0.4) is 0 Å². The van der Waals surface area contributed by atoms with Crippen molar-refractivity contribution < 1.29 is 14.3 Å². The summed E-state index contributed by atoms with van der Waals surface area (Å²) in [5.74, 6) is 1.43. The van der Waals surface area contributed by atoms with Crippen molar-refractivity contribution in [3.8, 4) is 11.5 Å². The van der Waals surface area contributed by atoms with Crippen LogP contribution in [-0.4, -0.2) is 31.2 Å². The number of carbonyl (C=O) groups is 1. The Labute approximate surface area is 149 Å². The van der Waals surface area contributed by atoms with E-state index in [2.05, 4.69) is 21.2 Å². The van der Waals surface area contributed by atoms with Crippen LogP contribution in [0.4, 0.5) is 5.69 Å². The summed E-state index contributed by atoms with van der Waals surface area (Å²) in [6.07, 6.45) is 0. The summed E-state index contributed by atoms with van der Waals surface area (Å²) in [6.45, 7) is 3.20. The molecule has 2 aromatic rings. The van der Waals surface area contributed by atoms with Gasteiger partial charge in [-0.1, -0.05) is 17.7 Å². The maximum absolute atomic E-state index is 12.1. The lowest BCUT2D eigenvalue weighted by atomic mass is 10.2. The molecular weight excluding hydrogens is 372 g/mol. The summed E-state index contributed by atoms with van der Waals surface area (Å²) in [4.78, 5) is 14.1. The second-order valence-electron chi connectivity index (χ2n) is 5.90. The highest BCUT2D eigenvalue weighted by Gasteiger charge is 2.18. The predicted octanol–water partition coefficient (Wildman–Crippen LogP) is 3.56. The lowest BCUT2D eigenvalue weighted by molar-refractivity contribution is -0.117. The number of amides is 1. The highest BCUT2D eigenvalue weighted by atomic mass is 79.9. The standard InChI is InChI=1S/C18H19BrN2O3/c1-12-3-5-14(6-4-12)20-17(22)10-21(2)9-13-7-15(19)18-16(8-13)23-11-24-18/h3-8H,9-11H2,1-2H3,(H,20,22). The smallest absolute Gasteiger partial charge is 0.238 e. The second-order valence-corrected chi connectivity index (χ2v) is 6.75. The Morgan fingerprint density at radius 3 is 2.75 bits per heavy atom. The number of nitrogens with one attached hydrogen (secondary N) is 1. The Morgan fingerprint density at radius 2 is 2.00 bits per heavy atom. The van der Waals surface area contributed by atoms with Crippen LogP contribution in [0.5, 0.6) is 11.5 Å². The average molecular weight is 391 g/mol. The number of aryl methyl sites for hydroxylation is 1. The molecule has 5 nitrogen and oxygen atoms in total. The van der Waals surface area contributed by atoms with E-state index in [4.69, 9.17) is 9.47 Å². The van der Waals surface area contributed by atoms with Gasteiger partial charge in [-0.05, 0) is 59.7 Å². The summed E-state index contributed by atoms with van der Waals surface area (Å²) in [6, 6.07) is 11.7. The van der Waals surface area contributed by atoms with Crippen LogP contribution in [0, 0.1) is 6.92 Å². The van der Waals surface area contributed by atoms with Crippen molar-refractivity contribution in [3.05, 3.63) is 52.0 Å². The molecule has 1 N–H and O–H groups in total. The summed E-state index contributed by atoms with van der Waals surface area (Å²) in [5, 5.41) is 2.90. The van der Waals surface area contributed by atoms with Crippen LogP contribution in [0.2, 0.25) is 0 Å². The molecule has 1 aliphatic rings. The molecular formula is C18H19BrN2O3. The first kappa shape index (κ1) is 16.8. The minimum atomic E-state index is -0.0406. The van der Waals surface area contributed by atoms with E-state index >= 15 is 0 Å². The zero-order valence-corrected chi connectivity index (χ0v) is 15.2. The predicted molar refractivity (Wildman–Crippen MR) is 96.4 cm³/mol. The van der Waals surface area contributed by atoms with E-state index in [9.17, 15) is 4.79 Å². The normalized spacial score (nSPS) is 12.5. The van der Waals surface area contributed by atoms with Crippen molar-refractivity contribution in [2.75, 3.05) is 25.7 Å². The van der Waals surface area contributed by atoms with Gasteiger partial charge >= 0.3 is 0 Å². The van der Waals surface area contributed by atoms with Crippen molar-refractivity contribution in [3.63, 3.8) is 0 Å². The third-order valence-electron chi connectivity index (χ3n) is 3.69. The minimum Gasteiger partial charge on any atom is -0.454 e. The average Bonchev–Trinajstić information content (AvgIpc) is 2.98. The SMILES string of the molecule is Cc1ccc(NC(=O)CN(C)Cc2cc(Br)c3c(c2)OCO3)cc1. The molecule has 6 heteroatoms. The van der Waals surface area contributed by atoms with Gasteiger partial charge in [0.25, 0.3) is 0 Å². The third-order valence-corrected chi connectivity index (χ3v) is 4.28. The van der Waals surface area contributed by atoms with Crippen molar-refractivity contribution in [1.82, 2.24) is 4.90 Å². The Morgan fingerprint density at radius 1 is 1.25 bits per heavy atom. The fourth-order valence-electron chi connectivity index (χ4n) is 2.56. The van der Waals surface area contributed by atoms with Gasteiger partial charge in [-0.15, -0.1) is 0 Å². The number of hydrogen-bond donors (Lipinski definition) is 1. The van der Waals surface area contributed by atoms with E-state index in [1.807, 2.05) is 55.3 Å². The quantitative estimate of drug-likeness (QED) is 0.847. The fourth-order valence-corrected chi connectivity index (χ4v) is 3.17. The molecule has 1 heterocycles. The number of fused-ring (bicyclic) bond motifs is 1. The first-order chi connectivity index (χ1) is 11.5. The molecule has 0 bridgehead atoms. The molecule has 0 spiro atoms. The Balaban J connectivity index is 1.57. The molecule has 0 unspecified atom stereocenters. The van der Waals surface area contributed by atoms with Gasteiger partial charge in [0, 0.05) is 12.2 Å². The molecule has 2 aromatic carbocycles. The largest absolute Gasteiger partial charge is 0.454 e. The molecule has 0 atom stereocenters. The third kappa shape index (κ3) is 4.07. The number of nitrogens with zero attached hydrogens (tertiary/aromatic N) is 1. The first-order valence-electron chi connectivity index (χ1n) is 7.64. The molecule has 0 saturated carbocycles. The fraction of sp³-hybridized carbons (Fsp3) is 0.278. The molecule has 1 aliphatic heterocycles. The van der Waals surface area contributed by atoms with Crippen LogP contribution in [-0.2, 0) is 11.3 Å². The molecule has 0 aliphatic carbocycles. The molecule has 0 fully saturated rings. The zero-order chi connectivity index (χ0) is 17.1. The minimum absolute atomic E-state index is 0.0406. The number of rotatable bonds is 5. The molecule has 126 valence electrons. The Hall–Kier alpha value is -2.05. The van der Waals surface area contributed by atoms with Crippen molar-refractivity contribution in [2.45, 2.75) is 13.5 Å². The van der Waals surface area contributed by atoms with Gasteiger partial charge in [-0.2, -0.15) is 0 Å². The van der Waals surface area contributed by atoms with Gasteiger partial charge in [0.15, 0.2) is 11.5 Å². The summed E-state index contributed by atoms with van der Waals surface area (Å²) < 4.78 is 11.7. The van der Waals surface area contributed by atoms with E-state index in [0.29, 0.717) is 13.1 Å². The van der Waals surface area contributed by atoms with Gasteiger partial charge in [-0.3, -0.25) is 9.69 Å². The number of benzene rings is 2. The summed E-state index contributed by atoms with van der Waals surface area (Å²) in [5.41, 5.74) is 3.03. The lowest BCUT2D eigenvalue weighted by Gasteiger charge is -2.17. The van der Waals surface area contributed by atoms with Crippen LogP contribution in [0.25, 0.3) is 0 Å². The van der Waals surface area contributed by atoms with E-state index in [1.165, 1.54) is 5.56 Å². The Bertz CT molecular complexity index is 747. The van der Waals surface area contributed by atoms with Gasteiger partial charge < -0.3 is 14.8 Å². The van der Waals surface area contributed by atoms with Gasteiger partial charge in [0.2, 0.25) is 12.7 Å². The van der Waals surface area contributed by atoms with Crippen LogP contribution >= 0.6 is 15.9 Å². The van der Waals surface area contributed by atoms with E-state index in [0.717, 1.165) is 27.2 Å². The molecule has 0 saturated heterocycles. The molecule has 0 aromatic heterocycles. The molecule has 0 radical (unpaired) electrons. The number of carbonyl (C=O) groups excluding carboxylic acids is 1. The van der Waals surface area contributed by atoms with Crippen LogP contribution < -0.4 is 14.8 Å². The number of likely N-dealkylation sites (N-methyl/N-ethyl adjacent to an activating group) is 1. The van der Waals surface area contributed by atoms with Crippen LogP contribution in [0.15, 0.2) is 40.9 Å². The lowest BCUT2D eigenvalue weighted by Crippen LogP contribution is -2.29. The summed E-state index contributed by atoms with van der Waals surface area (Å²) >= 11 is 3.49. The van der Waals surface area contributed by atoms with Gasteiger partial charge in [-0.25, -0.2) is 0 Å². The van der Waals surface area contributed by atoms with E-state index < -0.39 is 0 Å². The molecule has 24 heavy (non-hydrogen) atoms. The van der Waals surface area contributed by atoms with E-state index in [-0.39, 0.29) is 12.7 Å². The number of hydrogen-bond acceptors (Lipinski definition) is 4. The van der Waals surface area contributed by atoms with Gasteiger partial charge in [0.1, 0.15) is 0 Å². The Kier molecular flexibility index (Phi) is 5.06. The second kappa shape index (κ2) is 7.23. The van der Waals surface area contributed by atoms with Gasteiger partial charge in [0.05, 0.1) is 11.0 Å². The van der Waals surface area contributed by atoms with Crippen molar-refractivity contribution >= 4 is 27.5 Å². The van der Waals surface area contributed by atoms with E-state index in [1.54, 1.807) is 0 Å². The maximum atomic E-state index is 12.1. The first-order valence-corrected chi connectivity index (χ1v) is 8.43. The number of halogens is 1.